The molecule has 11 heteroatoms. The number of benzene rings is 3. The van der Waals surface area contributed by atoms with Crippen molar-refractivity contribution in [3.63, 3.8) is 0 Å². The zero-order chi connectivity index (χ0) is 24.7. The molecule has 3 aromatic carbocycles. The average molecular weight is 540 g/mol. The minimum Gasteiger partial charge on any atom is -0.497 e. The molecule has 0 saturated carbocycles. The number of halogens is 4. The molecule has 34 heavy (non-hydrogen) atoms. The van der Waals surface area contributed by atoms with Crippen LogP contribution < -0.4 is 19.7 Å². The van der Waals surface area contributed by atoms with E-state index in [1.807, 2.05) is 0 Å². The van der Waals surface area contributed by atoms with Gasteiger partial charge in [-0.15, -0.1) is 0 Å². The largest absolute Gasteiger partial charge is 0.497 e. The Morgan fingerprint density at radius 1 is 0.824 bits per heavy atom. The number of carbonyl (C=O) groups excluding carboxylic acids is 3. The minimum absolute atomic E-state index is 0.128. The molecule has 0 aliphatic carbocycles. The summed E-state index contributed by atoms with van der Waals surface area (Å²) in [6, 6.07) is 10.9. The van der Waals surface area contributed by atoms with Crippen LogP contribution in [-0.2, 0) is 0 Å². The highest BCUT2D eigenvalue weighted by molar-refractivity contribution is 6.56. The fraction of sp³-hybridized carbons (Fsp3) is 0.0870. The zero-order valence-corrected chi connectivity index (χ0v) is 20.6. The Kier molecular flexibility index (Phi) is 6.64. The summed E-state index contributed by atoms with van der Waals surface area (Å²) in [6.07, 6.45) is 0. The Hall–Kier alpha value is -2.97. The molecule has 0 saturated heterocycles. The fourth-order valence-electron chi connectivity index (χ4n) is 3.47. The molecule has 0 radical (unpaired) electrons. The minimum atomic E-state index is -0.736. The Morgan fingerprint density at radius 2 is 1.44 bits per heavy atom. The number of methoxy groups -OCH3 is 2. The number of ether oxygens (including phenoxy) is 2. The van der Waals surface area contributed by atoms with Crippen molar-refractivity contribution in [3.05, 3.63) is 79.2 Å². The maximum atomic E-state index is 13.1. The number of hydrogen-bond acceptors (Lipinski definition) is 5. The summed E-state index contributed by atoms with van der Waals surface area (Å²) in [5, 5.41) is 2.13. The lowest BCUT2D eigenvalue weighted by Crippen LogP contribution is -2.29. The van der Waals surface area contributed by atoms with Crippen LogP contribution in [0.15, 0.2) is 42.5 Å². The number of amides is 3. The first-order chi connectivity index (χ1) is 16.2. The van der Waals surface area contributed by atoms with E-state index in [4.69, 9.17) is 55.9 Å². The Bertz CT molecular complexity index is 1330. The lowest BCUT2D eigenvalue weighted by atomic mass is 10.1. The number of rotatable bonds is 5. The molecule has 174 valence electrons. The molecule has 3 amide bonds. The summed E-state index contributed by atoms with van der Waals surface area (Å²) >= 11 is 24.5. The van der Waals surface area contributed by atoms with Gasteiger partial charge in [0.05, 0.1) is 56.8 Å². The van der Waals surface area contributed by atoms with Crippen molar-refractivity contribution in [2.24, 2.45) is 0 Å². The molecule has 7 nitrogen and oxygen atoms in total. The molecule has 1 aliphatic heterocycles. The van der Waals surface area contributed by atoms with Crippen molar-refractivity contribution in [1.29, 1.82) is 0 Å². The van der Waals surface area contributed by atoms with Gasteiger partial charge in [-0.25, -0.2) is 4.90 Å². The average Bonchev–Trinajstić information content (AvgIpc) is 3.11. The molecule has 0 unspecified atom stereocenters. The van der Waals surface area contributed by atoms with E-state index in [1.54, 1.807) is 18.2 Å². The molecular weight excluding hydrogens is 526 g/mol. The third kappa shape index (κ3) is 3.95. The SMILES string of the molecule is COc1ccc(NC(=O)c2cccc(N3C(=O)c4c(Cl)c(Cl)c(Cl)c(Cl)c4C3=O)c2)c(OC)c1. The highest BCUT2D eigenvalue weighted by Crippen LogP contribution is 2.45. The second-order valence-corrected chi connectivity index (χ2v) is 8.53. The third-order valence-corrected chi connectivity index (χ3v) is 6.93. The summed E-state index contributed by atoms with van der Waals surface area (Å²) in [4.78, 5) is 40.0. The second-order valence-electron chi connectivity index (χ2n) is 7.02. The van der Waals surface area contributed by atoms with Gasteiger partial charge in [-0.3, -0.25) is 14.4 Å². The van der Waals surface area contributed by atoms with Gasteiger partial charge in [0.2, 0.25) is 0 Å². The van der Waals surface area contributed by atoms with E-state index >= 15 is 0 Å². The van der Waals surface area contributed by atoms with Gasteiger partial charge in [-0.1, -0.05) is 52.5 Å². The van der Waals surface area contributed by atoms with E-state index in [2.05, 4.69) is 5.32 Å². The normalized spacial score (nSPS) is 12.6. The molecule has 0 bridgehead atoms. The molecular formula is C23H14Cl4N2O5. The first kappa shape index (κ1) is 24.2. The highest BCUT2D eigenvalue weighted by Gasteiger charge is 2.42. The van der Waals surface area contributed by atoms with Crippen molar-refractivity contribution in [1.82, 2.24) is 0 Å². The van der Waals surface area contributed by atoms with Crippen LogP contribution in [0.5, 0.6) is 11.5 Å². The zero-order valence-electron chi connectivity index (χ0n) is 17.5. The third-order valence-electron chi connectivity index (χ3n) is 5.12. The van der Waals surface area contributed by atoms with Crippen LogP contribution in [0.3, 0.4) is 0 Å². The van der Waals surface area contributed by atoms with E-state index in [0.717, 1.165) is 4.90 Å². The molecule has 1 aliphatic rings. The summed E-state index contributed by atoms with van der Waals surface area (Å²) in [7, 11) is 2.97. The van der Waals surface area contributed by atoms with E-state index in [-0.39, 0.29) is 42.5 Å². The summed E-state index contributed by atoms with van der Waals surface area (Å²) in [5.41, 5.74) is 0.426. The van der Waals surface area contributed by atoms with Crippen molar-refractivity contribution >= 4 is 75.5 Å². The Morgan fingerprint density at radius 3 is 2.00 bits per heavy atom. The number of nitrogens with one attached hydrogen (secondary N) is 1. The smallest absolute Gasteiger partial charge is 0.267 e. The van der Waals surface area contributed by atoms with Crippen LogP contribution in [0, 0.1) is 0 Å². The lowest BCUT2D eigenvalue weighted by Gasteiger charge is -2.16. The van der Waals surface area contributed by atoms with Gasteiger partial charge in [0.25, 0.3) is 17.7 Å². The van der Waals surface area contributed by atoms with E-state index in [9.17, 15) is 14.4 Å². The molecule has 0 aromatic heterocycles. The molecule has 1 N–H and O–H groups in total. The van der Waals surface area contributed by atoms with E-state index < -0.39 is 17.7 Å². The predicted octanol–water partition coefficient (Wildman–Crippen LogP) is 6.37. The molecule has 4 rings (SSSR count). The van der Waals surface area contributed by atoms with Crippen molar-refractivity contribution in [3.8, 4) is 11.5 Å². The summed E-state index contributed by atoms with van der Waals surface area (Å²) in [6.45, 7) is 0. The Balaban J connectivity index is 1.68. The first-order valence-electron chi connectivity index (χ1n) is 9.57. The van der Waals surface area contributed by atoms with Crippen LogP contribution in [-0.4, -0.2) is 31.9 Å². The van der Waals surface area contributed by atoms with E-state index in [1.165, 1.54) is 38.5 Å². The monoisotopic (exact) mass is 538 g/mol. The predicted molar refractivity (Wildman–Crippen MR) is 132 cm³/mol. The maximum Gasteiger partial charge on any atom is 0.267 e. The van der Waals surface area contributed by atoms with Crippen LogP contribution in [0.25, 0.3) is 0 Å². The quantitative estimate of drug-likeness (QED) is 0.231. The van der Waals surface area contributed by atoms with Crippen LogP contribution in [0.4, 0.5) is 11.4 Å². The topological polar surface area (TPSA) is 84.9 Å². The number of anilines is 2. The highest BCUT2D eigenvalue weighted by atomic mass is 35.5. The van der Waals surface area contributed by atoms with Crippen LogP contribution >= 0.6 is 46.4 Å². The molecule has 0 fully saturated rings. The van der Waals surface area contributed by atoms with Crippen molar-refractivity contribution in [2.75, 3.05) is 24.4 Å². The summed E-state index contributed by atoms with van der Waals surface area (Å²) in [5.74, 6) is -1.02. The van der Waals surface area contributed by atoms with Gasteiger partial charge in [0.15, 0.2) is 0 Å². The number of carbonyl (C=O) groups is 3. The van der Waals surface area contributed by atoms with Gasteiger partial charge in [0, 0.05) is 11.6 Å². The molecule has 0 spiro atoms. The van der Waals surface area contributed by atoms with Crippen molar-refractivity contribution in [2.45, 2.75) is 0 Å². The fourth-order valence-corrected chi connectivity index (χ4v) is 4.48. The van der Waals surface area contributed by atoms with Crippen LogP contribution in [0.2, 0.25) is 20.1 Å². The van der Waals surface area contributed by atoms with Crippen LogP contribution in [0.1, 0.15) is 31.1 Å². The van der Waals surface area contributed by atoms with Crippen molar-refractivity contribution < 1.29 is 23.9 Å². The molecule has 1 heterocycles. The number of nitrogens with zero attached hydrogens (tertiary/aromatic N) is 1. The standard InChI is InChI=1S/C23H14Cl4N2O5/c1-33-12-6-7-13(14(9-12)34-2)28-21(30)10-4-3-5-11(8-10)29-22(31)15-16(23(29)32)18(25)20(27)19(26)17(15)24/h3-9H,1-2H3,(H,28,30). The van der Waals surface area contributed by atoms with Gasteiger partial charge >= 0.3 is 0 Å². The van der Waals surface area contributed by atoms with Gasteiger partial charge in [-0.05, 0) is 30.3 Å². The number of imide groups is 1. The van der Waals surface area contributed by atoms with Gasteiger partial charge in [0.1, 0.15) is 11.5 Å². The number of hydrogen-bond donors (Lipinski definition) is 1. The first-order valence-corrected chi connectivity index (χ1v) is 11.1. The molecule has 3 aromatic rings. The van der Waals surface area contributed by atoms with Gasteiger partial charge in [-0.2, -0.15) is 0 Å². The maximum absolute atomic E-state index is 13.1. The Labute approximate surface area is 214 Å². The second kappa shape index (κ2) is 9.35. The molecule has 0 atom stereocenters. The number of fused-ring (bicyclic) bond motifs is 1. The summed E-state index contributed by atoms with van der Waals surface area (Å²) < 4.78 is 10.5. The van der Waals surface area contributed by atoms with Gasteiger partial charge < -0.3 is 14.8 Å². The van der Waals surface area contributed by atoms with E-state index in [0.29, 0.717) is 17.2 Å². The lowest BCUT2D eigenvalue weighted by molar-refractivity contribution is 0.0924.